The summed E-state index contributed by atoms with van der Waals surface area (Å²) in [7, 11) is 0. The zero-order chi connectivity index (χ0) is 62.6. The summed E-state index contributed by atoms with van der Waals surface area (Å²) in [6.07, 6.45) is 0. The Kier molecular flexibility index (Phi) is 25.2. The molecular formula is C69H85N7O4. The van der Waals surface area contributed by atoms with E-state index in [4.69, 9.17) is 26.3 Å². The van der Waals surface area contributed by atoms with E-state index in [0.717, 1.165) is 111 Å². The zero-order valence-corrected chi connectivity index (χ0v) is 53.3. The van der Waals surface area contributed by atoms with Gasteiger partial charge in [0.15, 0.2) is 0 Å². The van der Waals surface area contributed by atoms with Crippen LogP contribution in [-0.2, 0) is 0 Å². The summed E-state index contributed by atoms with van der Waals surface area (Å²) < 4.78 is 0. The normalized spacial score (nSPS) is 9.89. The van der Waals surface area contributed by atoms with Gasteiger partial charge in [0.25, 0.3) is 11.4 Å². The molecule has 0 N–H and O–H groups in total. The SMILES string of the molecule is Cc1c(C)c(C#N)c(C)c(C)c1C#N.Cc1c(C)c(C)c(C#N)c(C#N)c1C.Cc1c(C)c(C)c(C#N)c(C)c1C.Cc1c(C)c(C)c(C)c(C)c1C.Cc1c(C)c(C)c([N+](=O)[O-])c(C)c1C.Cc1cc(C)c(C)c([N+](=O)[O-])c1C. The first kappa shape index (κ1) is 69.6. The molecule has 6 rings (SSSR count). The molecule has 0 aliphatic heterocycles. The third-order valence-corrected chi connectivity index (χ3v) is 17.9. The minimum Gasteiger partial charge on any atom is -0.258 e. The van der Waals surface area contributed by atoms with Crippen LogP contribution in [0.3, 0.4) is 0 Å². The van der Waals surface area contributed by atoms with Crippen molar-refractivity contribution in [3.63, 3.8) is 0 Å². The van der Waals surface area contributed by atoms with Crippen molar-refractivity contribution >= 4 is 11.4 Å². The highest BCUT2D eigenvalue weighted by atomic mass is 16.6. The molecule has 80 heavy (non-hydrogen) atoms. The van der Waals surface area contributed by atoms with Crippen molar-refractivity contribution in [1.29, 1.82) is 26.3 Å². The van der Waals surface area contributed by atoms with E-state index in [-0.39, 0.29) is 21.2 Å². The van der Waals surface area contributed by atoms with E-state index in [1.807, 2.05) is 124 Å². The van der Waals surface area contributed by atoms with Crippen molar-refractivity contribution in [2.75, 3.05) is 0 Å². The molecule has 420 valence electrons. The monoisotopic (exact) mass is 1080 g/mol. The molecule has 6 aromatic carbocycles. The van der Waals surface area contributed by atoms with Crippen molar-refractivity contribution in [3.8, 4) is 30.3 Å². The predicted octanol–water partition coefficient (Wildman–Crippen LogP) is 17.9. The molecule has 0 spiro atoms. The van der Waals surface area contributed by atoms with Crippen molar-refractivity contribution in [2.45, 2.75) is 194 Å². The Morgan fingerprint density at radius 1 is 0.237 bits per heavy atom. The first-order valence-electron chi connectivity index (χ1n) is 26.6. The summed E-state index contributed by atoms with van der Waals surface area (Å²) in [5, 5.41) is 66.5. The largest absolute Gasteiger partial charge is 0.275 e. The summed E-state index contributed by atoms with van der Waals surface area (Å²) in [4.78, 5) is 21.0. The minimum atomic E-state index is -0.301. The van der Waals surface area contributed by atoms with Crippen LogP contribution >= 0.6 is 0 Å². The van der Waals surface area contributed by atoms with Crippen LogP contribution in [0.5, 0.6) is 0 Å². The van der Waals surface area contributed by atoms with Gasteiger partial charge in [0.1, 0.15) is 12.1 Å². The number of hydrogen-bond donors (Lipinski definition) is 0. The smallest absolute Gasteiger partial charge is 0.258 e. The Labute approximate surface area is 479 Å². The highest BCUT2D eigenvalue weighted by Crippen LogP contribution is 2.33. The molecule has 0 aliphatic rings. The van der Waals surface area contributed by atoms with Gasteiger partial charge in [0.05, 0.1) is 55.9 Å². The van der Waals surface area contributed by atoms with Gasteiger partial charge in [-0.15, -0.1) is 0 Å². The molecule has 0 radical (unpaired) electrons. The molecule has 0 fully saturated rings. The standard InChI is InChI=1S/2C12H12N2.C12H15N.C12H18.C11H15NO2.C10H13NO2/c1-7-8(2)12(6-14)10(4)9(3)11(7)5-13;1-7-8(2)10(4)12(6-14)11(5-13)9(7)3;1-7-8(2)10(4)12(6-13)11(5)9(7)3;1-7-8(2)10(4)12(6)11(5)9(7)3;1-6-7(2)9(4)11(12(13)14)10(5)8(6)3;1-6-5-7(2)9(4)10(8(6)3)11(12)13/h2*1-4H3;1-5H3;1-6H3;1-5H3;5H,1-4H3. The number of aryl methyl sites for hydroxylation is 2. The number of benzene rings is 6. The van der Waals surface area contributed by atoms with Gasteiger partial charge in [-0.25, -0.2) is 0 Å². The van der Waals surface area contributed by atoms with Crippen LogP contribution in [0, 0.1) is 271 Å². The fourth-order valence-corrected chi connectivity index (χ4v) is 9.82. The number of nitriles is 5. The molecule has 0 unspecified atom stereocenters. The van der Waals surface area contributed by atoms with E-state index in [2.05, 4.69) is 92.7 Å². The lowest BCUT2D eigenvalue weighted by molar-refractivity contribution is -0.386. The number of nitro groups is 2. The first-order chi connectivity index (χ1) is 36.9. The lowest BCUT2D eigenvalue weighted by Gasteiger charge is -2.15. The van der Waals surface area contributed by atoms with Gasteiger partial charge >= 0.3 is 0 Å². The molecule has 0 atom stereocenters. The van der Waals surface area contributed by atoms with E-state index >= 15 is 0 Å². The molecular weight excluding hydrogens is 991 g/mol. The lowest BCUT2D eigenvalue weighted by atomic mass is 9.90. The van der Waals surface area contributed by atoms with E-state index in [9.17, 15) is 20.2 Å². The van der Waals surface area contributed by atoms with E-state index in [1.165, 1.54) is 50.1 Å². The molecule has 0 bridgehead atoms. The fraction of sp³-hybridized carbons (Fsp3) is 0.406. The predicted molar refractivity (Wildman–Crippen MR) is 328 cm³/mol. The van der Waals surface area contributed by atoms with Gasteiger partial charge in [0.2, 0.25) is 0 Å². The molecule has 0 aliphatic carbocycles. The maximum atomic E-state index is 10.9. The van der Waals surface area contributed by atoms with Gasteiger partial charge < -0.3 is 0 Å². The fourth-order valence-electron chi connectivity index (χ4n) is 9.82. The van der Waals surface area contributed by atoms with Crippen LogP contribution in [0.25, 0.3) is 0 Å². The van der Waals surface area contributed by atoms with Crippen LogP contribution in [-0.4, -0.2) is 9.85 Å². The summed E-state index contributed by atoms with van der Waals surface area (Å²) in [5.41, 5.74) is 34.7. The highest BCUT2D eigenvalue weighted by molar-refractivity contribution is 5.62. The third kappa shape index (κ3) is 14.6. The average Bonchev–Trinajstić information content (AvgIpc) is 3.41. The number of nitrogens with zero attached hydrogens (tertiary/aromatic N) is 7. The molecule has 0 aromatic heterocycles. The maximum absolute atomic E-state index is 10.9. The van der Waals surface area contributed by atoms with Crippen molar-refractivity contribution < 1.29 is 9.85 Å². The van der Waals surface area contributed by atoms with E-state index in [1.54, 1.807) is 13.8 Å². The number of nitro benzene ring substituents is 2. The summed E-state index contributed by atoms with van der Waals surface area (Å²) >= 11 is 0. The van der Waals surface area contributed by atoms with Crippen molar-refractivity contribution in [2.24, 2.45) is 0 Å². The second-order valence-corrected chi connectivity index (χ2v) is 21.4. The Bertz CT molecular complexity index is 3380. The van der Waals surface area contributed by atoms with Gasteiger partial charge in [-0.05, 0) is 327 Å². The Balaban J connectivity index is 0.000000480. The molecule has 0 saturated carbocycles. The highest BCUT2D eigenvalue weighted by Gasteiger charge is 2.21. The van der Waals surface area contributed by atoms with Gasteiger partial charge in [-0.2, -0.15) is 26.3 Å². The molecule has 6 aromatic rings. The Morgan fingerprint density at radius 2 is 0.375 bits per heavy atom. The van der Waals surface area contributed by atoms with Crippen molar-refractivity contribution in [1.82, 2.24) is 0 Å². The maximum Gasteiger partial charge on any atom is 0.275 e. The average molecular weight is 1080 g/mol. The molecule has 0 saturated heterocycles. The molecule has 0 amide bonds. The van der Waals surface area contributed by atoms with Crippen LogP contribution in [0.2, 0.25) is 0 Å². The molecule has 11 heteroatoms. The summed E-state index contributed by atoms with van der Waals surface area (Å²) in [6.45, 7) is 55.8. The van der Waals surface area contributed by atoms with Crippen LogP contribution in [0.4, 0.5) is 11.4 Å². The van der Waals surface area contributed by atoms with Gasteiger partial charge in [0, 0.05) is 22.3 Å². The van der Waals surface area contributed by atoms with Crippen molar-refractivity contribution in [3.05, 3.63) is 210 Å². The quantitative estimate of drug-likeness (QED) is 0.119. The third-order valence-electron chi connectivity index (χ3n) is 17.9. The Hall–Kier alpha value is -8.43. The van der Waals surface area contributed by atoms with Gasteiger partial charge in [-0.1, -0.05) is 6.07 Å². The zero-order valence-electron chi connectivity index (χ0n) is 53.3. The van der Waals surface area contributed by atoms with Crippen LogP contribution < -0.4 is 0 Å². The van der Waals surface area contributed by atoms with Gasteiger partial charge in [-0.3, -0.25) is 20.2 Å². The molecule has 0 heterocycles. The first-order valence-corrected chi connectivity index (χ1v) is 26.6. The van der Waals surface area contributed by atoms with Crippen LogP contribution in [0.1, 0.15) is 184 Å². The molecule has 11 nitrogen and oxygen atoms in total. The minimum absolute atomic E-state index is 0.262. The van der Waals surface area contributed by atoms with Crippen LogP contribution in [0.15, 0.2) is 6.07 Å². The topological polar surface area (TPSA) is 205 Å². The summed E-state index contributed by atoms with van der Waals surface area (Å²) in [6, 6.07) is 12.8. The lowest BCUT2D eigenvalue weighted by Crippen LogP contribution is -2.02. The second kappa shape index (κ2) is 29.0. The number of hydrogen-bond acceptors (Lipinski definition) is 9. The number of rotatable bonds is 2. The Morgan fingerprint density at radius 3 is 0.550 bits per heavy atom. The van der Waals surface area contributed by atoms with E-state index in [0.29, 0.717) is 22.3 Å². The van der Waals surface area contributed by atoms with E-state index < -0.39 is 0 Å². The second-order valence-electron chi connectivity index (χ2n) is 21.4. The summed E-state index contributed by atoms with van der Waals surface area (Å²) in [5.74, 6) is 0.